The van der Waals surface area contributed by atoms with Gasteiger partial charge in [0, 0.05) is 54.1 Å². The Kier molecular flexibility index (Phi) is 7.54. The fraction of sp³-hybridized carbons (Fsp3) is 0.448. The summed E-state index contributed by atoms with van der Waals surface area (Å²) in [5.41, 5.74) is 6.05. The fourth-order valence-electron chi connectivity index (χ4n) is 5.60. The predicted molar refractivity (Wildman–Crippen MR) is 153 cm³/mol. The quantitative estimate of drug-likeness (QED) is 0.486. The smallest absolute Gasteiger partial charge is 0.0992 e. The van der Waals surface area contributed by atoms with Gasteiger partial charge >= 0.3 is 0 Å². The van der Waals surface area contributed by atoms with Crippen LogP contribution in [0.4, 0.5) is 5.69 Å². The molecule has 2 N–H and O–H groups in total. The number of likely N-dealkylation sites (N-methyl/N-ethyl adjacent to an activating group) is 1. The molecule has 1 aliphatic carbocycles. The van der Waals surface area contributed by atoms with Crippen molar-refractivity contribution in [1.29, 1.82) is 5.26 Å². The van der Waals surface area contributed by atoms with E-state index in [-0.39, 0.29) is 6.04 Å². The van der Waals surface area contributed by atoms with Crippen molar-refractivity contribution in [3.05, 3.63) is 58.2 Å². The Bertz CT molecular complexity index is 1320. The van der Waals surface area contributed by atoms with Crippen LogP contribution in [0.25, 0.3) is 17.7 Å². The standard InChI is InChI=1S/C29H36N6S/c1-20(26-18-31-27-9-5-3-4-8-25(26)27)29(28-16-24-19-34(2)10-11-35(24)33-28)32-23-14-21(7-6-12-36)13-22(15-23)17-30/h8-9,13-15,18,24,29,31-32,36H,1,3-7,10-12,16,19H2,2H3. The molecule has 6 nitrogen and oxygen atoms in total. The average Bonchev–Trinajstić information content (AvgIpc) is 3.41. The number of piperazine rings is 1. The number of fused-ring (bicyclic) bond motifs is 2. The molecule has 3 aliphatic rings. The van der Waals surface area contributed by atoms with Gasteiger partial charge in [-0.05, 0) is 74.2 Å². The number of benzene rings is 1. The van der Waals surface area contributed by atoms with Crippen LogP contribution in [0.1, 0.15) is 48.8 Å². The van der Waals surface area contributed by atoms with Crippen molar-refractivity contribution < 1.29 is 0 Å². The highest BCUT2D eigenvalue weighted by Crippen LogP contribution is 2.28. The van der Waals surface area contributed by atoms with Gasteiger partial charge < -0.3 is 15.2 Å². The molecule has 2 aliphatic heterocycles. The maximum absolute atomic E-state index is 9.68. The number of H-pyrrole nitrogens is 1. The highest BCUT2D eigenvalue weighted by molar-refractivity contribution is 7.80. The number of rotatable bonds is 8. The first kappa shape index (κ1) is 24.7. The molecule has 0 radical (unpaired) electrons. The van der Waals surface area contributed by atoms with Gasteiger partial charge in [0.15, 0.2) is 0 Å². The number of hydrazone groups is 1. The Morgan fingerprint density at radius 1 is 1.31 bits per heavy atom. The summed E-state index contributed by atoms with van der Waals surface area (Å²) in [6.07, 6.45) is 12.9. The highest BCUT2D eigenvalue weighted by Gasteiger charge is 2.35. The van der Waals surface area contributed by atoms with Crippen LogP contribution in [-0.2, 0) is 6.42 Å². The third-order valence-electron chi connectivity index (χ3n) is 7.50. The number of nitriles is 1. The lowest BCUT2D eigenvalue weighted by atomic mass is 9.93. The Labute approximate surface area is 219 Å². The van der Waals surface area contributed by atoms with Crippen molar-refractivity contribution in [1.82, 2.24) is 14.9 Å². The number of aromatic nitrogens is 1. The van der Waals surface area contributed by atoms with Crippen molar-refractivity contribution >= 4 is 41.8 Å². The topological polar surface area (TPSA) is 70.4 Å². The van der Waals surface area contributed by atoms with Gasteiger partial charge in [0.25, 0.3) is 0 Å². The van der Waals surface area contributed by atoms with Crippen LogP contribution in [0, 0.1) is 11.3 Å². The number of aryl methyl sites for hydroxylation is 1. The van der Waals surface area contributed by atoms with Crippen LogP contribution in [0.3, 0.4) is 0 Å². The highest BCUT2D eigenvalue weighted by atomic mass is 32.1. The van der Waals surface area contributed by atoms with Crippen LogP contribution >= 0.6 is 12.6 Å². The monoisotopic (exact) mass is 500 g/mol. The van der Waals surface area contributed by atoms with Gasteiger partial charge in [-0.2, -0.15) is 23.0 Å². The molecular weight excluding hydrogens is 464 g/mol. The van der Waals surface area contributed by atoms with E-state index < -0.39 is 0 Å². The van der Waals surface area contributed by atoms with E-state index in [1.807, 2.05) is 12.1 Å². The summed E-state index contributed by atoms with van der Waals surface area (Å²) in [6.45, 7) is 7.62. The maximum Gasteiger partial charge on any atom is 0.0992 e. The molecule has 5 rings (SSSR count). The summed E-state index contributed by atoms with van der Waals surface area (Å²) in [5.74, 6) is 0.827. The van der Waals surface area contributed by atoms with Crippen molar-refractivity contribution in [3.8, 4) is 6.07 Å². The minimum absolute atomic E-state index is 0.149. The molecule has 1 fully saturated rings. The first-order valence-corrected chi connectivity index (χ1v) is 13.7. The summed E-state index contributed by atoms with van der Waals surface area (Å²) in [7, 11) is 2.19. The molecule has 0 bridgehead atoms. The lowest BCUT2D eigenvalue weighted by Crippen LogP contribution is -2.47. The van der Waals surface area contributed by atoms with Gasteiger partial charge in [0.1, 0.15) is 0 Å². The molecule has 188 valence electrons. The largest absolute Gasteiger partial charge is 0.373 e. The minimum Gasteiger partial charge on any atom is -0.373 e. The third kappa shape index (κ3) is 5.25. The molecule has 7 heteroatoms. The second-order valence-electron chi connectivity index (χ2n) is 10.2. The number of aromatic amines is 1. The predicted octanol–water partition coefficient (Wildman–Crippen LogP) is 3.36. The van der Waals surface area contributed by atoms with Crippen molar-refractivity contribution in [2.75, 3.05) is 37.8 Å². The molecule has 3 heterocycles. The van der Waals surface area contributed by atoms with Crippen LogP contribution in [0.2, 0.25) is 0 Å². The molecule has 2 aromatic rings. The summed E-state index contributed by atoms with van der Waals surface area (Å²) in [5, 5.41) is 23.3. The molecule has 2 unspecified atom stereocenters. The summed E-state index contributed by atoms with van der Waals surface area (Å²) < 4.78 is 0. The van der Waals surface area contributed by atoms with Crippen LogP contribution in [0.15, 0.2) is 36.1 Å². The first-order valence-electron chi connectivity index (χ1n) is 13.1. The van der Waals surface area contributed by atoms with Crippen molar-refractivity contribution in [2.24, 2.45) is 5.10 Å². The normalized spacial score (nSPS) is 20.2. The lowest BCUT2D eigenvalue weighted by Gasteiger charge is -2.34. The second-order valence-corrected chi connectivity index (χ2v) is 10.7. The zero-order valence-electron chi connectivity index (χ0n) is 21.1. The molecule has 0 saturated carbocycles. The van der Waals surface area contributed by atoms with Gasteiger partial charge in [0.05, 0.1) is 29.4 Å². The van der Waals surface area contributed by atoms with Crippen LogP contribution in [-0.4, -0.2) is 65.1 Å². The second kappa shape index (κ2) is 11.0. The molecule has 0 amide bonds. The maximum atomic E-state index is 9.68. The van der Waals surface area contributed by atoms with E-state index in [0.717, 1.165) is 85.6 Å². The van der Waals surface area contributed by atoms with Crippen LogP contribution in [0.5, 0.6) is 0 Å². The summed E-state index contributed by atoms with van der Waals surface area (Å²) in [6, 6.07) is 8.68. The minimum atomic E-state index is -0.149. The average molecular weight is 501 g/mol. The van der Waals surface area contributed by atoms with Crippen molar-refractivity contribution in [3.63, 3.8) is 0 Å². The Morgan fingerprint density at radius 3 is 3.00 bits per heavy atom. The number of nitrogens with zero attached hydrogens (tertiary/aromatic N) is 4. The van der Waals surface area contributed by atoms with E-state index >= 15 is 0 Å². The number of hydrogen-bond donors (Lipinski definition) is 3. The Hall–Kier alpha value is -2.95. The van der Waals surface area contributed by atoms with E-state index in [2.05, 4.69) is 76.9 Å². The third-order valence-corrected chi connectivity index (χ3v) is 7.81. The Morgan fingerprint density at radius 2 is 2.17 bits per heavy atom. The van der Waals surface area contributed by atoms with E-state index in [1.54, 1.807) is 0 Å². The fourth-order valence-corrected chi connectivity index (χ4v) is 5.76. The molecule has 1 saturated heterocycles. The van der Waals surface area contributed by atoms with E-state index in [0.29, 0.717) is 11.6 Å². The SMILES string of the molecule is C=C(c1c[nH]c2c1=CCCCC=2)C(Nc1cc(C#N)cc(CCCS)c1)C1=NN2CCN(C)CC2C1. The zero-order chi connectivity index (χ0) is 25.1. The number of thiol groups is 1. The molecule has 0 spiro atoms. The molecule has 2 atom stereocenters. The molecule has 1 aromatic carbocycles. The summed E-state index contributed by atoms with van der Waals surface area (Å²) >= 11 is 4.37. The molecular formula is C29H36N6S. The van der Waals surface area contributed by atoms with Gasteiger partial charge in [-0.25, -0.2) is 0 Å². The van der Waals surface area contributed by atoms with E-state index in [9.17, 15) is 5.26 Å². The zero-order valence-corrected chi connectivity index (χ0v) is 22.0. The van der Waals surface area contributed by atoms with Gasteiger partial charge in [0.2, 0.25) is 0 Å². The lowest BCUT2D eigenvalue weighted by molar-refractivity contribution is 0.111. The van der Waals surface area contributed by atoms with Crippen molar-refractivity contribution in [2.45, 2.75) is 50.6 Å². The van der Waals surface area contributed by atoms with Gasteiger partial charge in [-0.1, -0.05) is 18.7 Å². The number of nitrogens with one attached hydrogen (secondary N) is 2. The summed E-state index contributed by atoms with van der Waals surface area (Å²) in [4.78, 5) is 5.87. The first-order chi connectivity index (χ1) is 17.6. The van der Waals surface area contributed by atoms with E-state index in [1.165, 1.54) is 17.0 Å². The number of anilines is 1. The number of hydrogen-bond acceptors (Lipinski definition) is 6. The molecule has 1 aromatic heterocycles. The molecule has 36 heavy (non-hydrogen) atoms. The Balaban J connectivity index is 1.52. The van der Waals surface area contributed by atoms with E-state index in [4.69, 9.17) is 5.10 Å². The van der Waals surface area contributed by atoms with Gasteiger partial charge in [-0.3, -0.25) is 5.01 Å². The van der Waals surface area contributed by atoms with Crippen LogP contribution < -0.4 is 15.9 Å². The van der Waals surface area contributed by atoms with Gasteiger partial charge in [-0.15, -0.1) is 0 Å².